The molecule has 1 aliphatic rings. The third-order valence-corrected chi connectivity index (χ3v) is 4.07. The number of aliphatic carboxylic acids is 1. The van der Waals surface area contributed by atoms with Crippen molar-refractivity contribution in [3.63, 3.8) is 0 Å². The van der Waals surface area contributed by atoms with Crippen molar-refractivity contribution in [2.75, 3.05) is 5.32 Å². The zero-order valence-corrected chi connectivity index (χ0v) is 12.7. The molecule has 1 heterocycles. The number of benzene rings is 1. The van der Waals surface area contributed by atoms with Crippen molar-refractivity contribution in [3.8, 4) is 11.4 Å². The van der Waals surface area contributed by atoms with E-state index in [1.54, 1.807) is 25.1 Å². The van der Waals surface area contributed by atoms with Gasteiger partial charge in [0.15, 0.2) is 0 Å². The van der Waals surface area contributed by atoms with Crippen LogP contribution in [0.5, 0.6) is 0 Å². The number of carboxylic acids is 1. The fourth-order valence-corrected chi connectivity index (χ4v) is 2.84. The number of hydrogen-bond donors (Lipinski definition) is 2. The molecular weight excluding hydrogens is 298 g/mol. The lowest BCUT2D eigenvalue weighted by atomic mass is 10.0. The van der Waals surface area contributed by atoms with Gasteiger partial charge in [-0.15, -0.1) is 0 Å². The number of carboxylic acid groups (broad SMARTS) is 1. The molecule has 1 aromatic heterocycles. The first-order valence-corrected chi connectivity index (χ1v) is 7.47. The van der Waals surface area contributed by atoms with Crippen molar-refractivity contribution in [2.24, 2.45) is 11.8 Å². The number of anilines is 1. The van der Waals surface area contributed by atoms with Crippen molar-refractivity contribution < 1.29 is 19.2 Å². The molecule has 23 heavy (non-hydrogen) atoms. The van der Waals surface area contributed by atoms with E-state index in [9.17, 15) is 9.59 Å². The SMILES string of the molecule is Cc1nc(-c2cccc(NC(=O)[C@@H]3CC[C@H](C(=O)O)C3)c2)no1. The molecule has 7 heteroatoms. The Balaban J connectivity index is 1.69. The van der Waals surface area contributed by atoms with E-state index >= 15 is 0 Å². The van der Waals surface area contributed by atoms with E-state index in [1.165, 1.54) is 0 Å². The first-order chi connectivity index (χ1) is 11.0. The minimum Gasteiger partial charge on any atom is -0.481 e. The molecule has 0 unspecified atom stereocenters. The second-order valence-corrected chi connectivity index (χ2v) is 5.75. The van der Waals surface area contributed by atoms with Gasteiger partial charge in [-0.25, -0.2) is 0 Å². The summed E-state index contributed by atoms with van der Waals surface area (Å²) in [5.41, 5.74) is 1.38. The van der Waals surface area contributed by atoms with Crippen LogP contribution < -0.4 is 5.32 Å². The van der Waals surface area contributed by atoms with Crippen LogP contribution in [-0.4, -0.2) is 27.1 Å². The molecule has 2 N–H and O–H groups in total. The molecule has 0 bridgehead atoms. The van der Waals surface area contributed by atoms with Crippen LogP contribution in [0.3, 0.4) is 0 Å². The van der Waals surface area contributed by atoms with Gasteiger partial charge in [-0.1, -0.05) is 17.3 Å². The van der Waals surface area contributed by atoms with Crippen LogP contribution in [0.15, 0.2) is 28.8 Å². The molecule has 120 valence electrons. The predicted octanol–water partition coefficient (Wildman–Crippen LogP) is 2.48. The summed E-state index contributed by atoms with van der Waals surface area (Å²) in [5, 5.41) is 15.7. The van der Waals surface area contributed by atoms with Gasteiger partial charge < -0.3 is 14.9 Å². The smallest absolute Gasteiger partial charge is 0.306 e. The molecule has 1 amide bonds. The number of aromatic nitrogens is 2. The first kappa shape index (κ1) is 15.2. The Hall–Kier alpha value is -2.70. The quantitative estimate of drug-likeness (QED) is 0.898. The number of nitrogens with one attached hydrogen (secondary N) is 1. The van der Waals surface area contributed by atoms with Gasteiger partial charge in [0.05, 0.1) is 5.92 Å². The Morgan fingerprint density at radius 1 is 1.30 bits per heavy atom. The molecule has 1 fully saturated rings. The minimum absolute atomic E-state index is 0.143. The van der Waals surface area contributed by atoms with Crippen LogP contribution in [-0.2, 0) is 9.59 Å². The maximum Gasteiger partial charge on any atom is 0.306 e. The Morgan fingerprint density at radius 3 is 2.74 bits per heavy atom. The van der Waals surface area contributed by atoms with Crippen molar-refractivity contribution in [1.82, 2.24) is 10.1 Å². The van der Waals surface area contributed by atoms with Gasteiger partial charge in [0.2, 0.25) is 17.6 Å². The largest absolute Gasteiger partial charge is 0.481 e. The second-order valence-electron chi connectivity index (χ2n) is 5.75. The molecule has 0 saturated heterocycles. The van der Waals surface area contributed by atoms with E-state index in [0.717, 1.165) is 5.56 Å². The molecule has 0 radical (unpaired) electrons. The predicted molar refractivity (Wildman–Crippen MR) is 81.6 cm³/mol. The summed E-state index contributed by atoms with van der Waals surface area (Å²) in [7, 11) is 0. The summed E-state index contributed by atoms with van der Waals surface area (Å²) < 4.78 is 4.95. The highest BCUT2D eigenvalue weighted by Crippen LogP contribution is 2.32. The third-order valence-electron chi connectivity index (χ3n) is 4.07. The fraction of sp³-hybridized carbons (Fsp3) is 0.375. The van der Waals surface area contributed by atoms with Crippen molar-refractivity contribution in [3.05, 3.63) is 30.2 Å². The van der Waals surface area contributed by atoms with Gasteiger partial charge in [0.1, 0.15) is 0 Å². The van der Waals surface area contributed by atoms with Gasteiger partial charge in [0, 0.05) is 24.1 Å². The Morgan fingerprint density at radius 2 is 2.09 bits per heavy atom. The molecule has 1 saturated carbocycles. The summed E-state index contributed by atoms with van der Waals surface area (Å²) in [6, 6.07) is 7.17. The molecule has 0 aliphatic heterocycles. The molecule has 3 rings (SSSR count). The maximum atomic E-state index is 12.3. The molecule has 2 atom stereocenters. The second kappa shape index (κ2) is 6.20. The van der Waals surface area contributed by atoms with Crippen molar-refractivity contribution >= 4 is 17.6 Å². The summed E-state index contributed by atoms with van der Waals surface area (Å²) in [6.07, 6.45) is 1.55. The molecule has 7 nitrogen and oxygen atoms in total. The van der Waals surface area contributed by atoms with Crippen LogP contribution in [0, 0.1) is 18.8 Å². The number of nitrogens with zero attached hydrogens (tertiary/aromatic N) is 2. The number of rotatable bonds is 4. The lowest BCUT2D eigenvalue weighted by Gasteiger charge is -2.11. The monoisotopic (exact) mass is 315 g/mol. The van der Waals surface area contributed by atoms with E-state index in [-0.39, 0.29) is 11.8 Å². The van der Waals surface area contributed by atoms with E-state index < -0.39 is 11.9 Å². The maximum absolute atomic E-state index is 12.3. The zero-order chi connectivity index (χ0) is 16.4. The number of carbonyl (C=O) groups excluding carboxylic acids is 1. The Kier molecular flexibility index (Phi) is 4.10. The van der Waals surface area contributed by atoms with Crippen LogP contribution in [0.4, 0.5) is 5.69 Å². The highest BCUT2D eigenvalue weighted by atomic mass is 16.5. The van der Waals surface area contributed by atoms with Gasteiger partial charge >= 0.3 is 5.97 Å². The van der Waals surface area contributed by atoms with Crippen molar-refractivity contribution in [1.29, 1.82) is 0 Å². The van der Waals surface area contributed by atoms with Gasteiger partial charge in [-0.05, 0) is 31.4 Å². The number of amides is 1. The van der Waals surface area contributed by atoms with Gasteiger partial charge in [-0.3, -0.25) is 9.59 Å². The first-order valence-electron chi connectivity index (χ1n) is 7.47. The van der Waals surface area contributed by atoms with E-state index in [1.807, 2.05) is 6.07 Å². The fourth-order valence-electron chi connectivity index (χ4n) is 2.84. The standard InChI is InChI=1S/C16H17N3O4/c1-9-17-14(19-23-9)10-3-2-4-13(8-10)18-15(20)11-5-6-12(7-11)16(21)22/h2-4,8,11-12H,5-7H2,1H3,(H,18,20)(H,21,22)/t11-,12+/m1/s1. The Labute approximate surface area is 132 Å². The van der Waals surface area contributed by atoms with Crippen LogP contribution >= 0.6 is 0 Å². The number of aryl methyl sites for hydroxylation is 1. The normalized spacial score (nSPS) is 20.4. The molecule has 1 aromatic carbocycles. The third kappa shape index (κ3) is 3.39. The van der Waals surface area contributed by atoms with E-state index in [4.69, 9.17) is 9.63 Å². The lowest BCUT2D eigenvalue weighted by Crippen LogP contribution is -2.21. The summed E-state index contributed by atoms with van der Waals surface area (Å²) in [4.78, 5) is 27.4. The van der Waals surface area contributed by atoms with Crippen molar-refractivity contribution in [2.45, 2.75) is 26.2 Å². The van der Waals surface area contributed by atoms with Crippen LogP contribution in [0.25, 0.3) is 11.4 Å². The number of hydrogen-bond acceptors (Lipinski definition) is 5. The molecule has 2 aromatic rings. The molecule has 1 aliphatic carbocycles. The average molecular weight is 315 g/mol. The Bertz CT molecular complexity index is 740. The summed E-state index contributed by atoms with van der Waals surface area (Å²) in [5.74, 6) is -0.706. The van der Waals surface area contributed by atoms with E-state index in [2.05, 4.69) is 15.5 Å². The van der Waals surface area contributed by atoms with Gasteiger partial charge in [0.25, 0.3) is 0 Å². The zero-order valence-electron chi connectivity index (χ0n) is 12.7. The highest BCUT2D eigenvalue weighted by Gasteiger charge is 2.33. The topological polar surface area (TPSA) is 105 Å². The van der Waals surface area contributed by atoms with E-state index in [0.29, 0.717) is 36.7 Å². The average Bonchev–Trinajstić information content (AvgIpc) is 3.16. The van der Waals surface area contributed by atoms with Crippen LogP contribution in [0.2, 0.25) is 0 Å². The minimum atomic E-state index is -0.824. The lowest BCUT2D eigenvalue weighted by molar-refractivity contribution is -0.141. The number of carbonyl (C=O) groups is 2. The highest BCUT2D eigenvalue weighted by molar-refractivity contribution is 5.93. The van der Waals surface area contributed by atoms with Gasteiger partial charge in [-0.2, -0.15) is 4.98 Å². The molecule has 0 spiro atoms. The summed E-state index contributed by atoms with van der Waals surface area (Å²) >= 11 is 0. The molecular formula is C16H17N3O4. The summed E-state index contributed by atoms with van der Waals surface area (Å²) in [6.45, 7) is 1.71. The van der Waals surface area contributed by atoms with Crippen LogP contribution in [0.1, 0.15) is 25.2 Å².